The van der Waals surface area contributed by atoms with Crippen molar-refractivity contribution in [2.45, 2.75) is 45.3 Å². The van der Waals surface area contributed by atoms with E-state index in [9.17, 15) is 18.0 Å². The highest BCUT2D eigenvalue weighted by Gasteiger charge is 2.38. The summed E-state index contributed by atoms with van der Waals surface area (Å²) in [5.74, 6) is -2.04. The highest BCUT2D eigenvalue weighted by atomic mass is 19.4. The summed E-state index contributed by atoms with van der Waals surface area (Å²) >= 11 is 0. The highest BCUT2D eigenvalue weighted by molar-refractivity contribution is 5.89. The highest BCUT2D eigenvalue weighted by Crippen LogP contribution is 2.28. The average Bonchev–Trinajstić information content (AvgIpc) is 2.83. The largest absolute Gasteiger partial charge is 0.490 e. The quantitative estimate of drug-likeness (QED) is 0.570. The Morgan fingerprint density at radius 1 is 1.03 bits per heavy atom. The maximum Gasteiger partial charge on any atom is 0.490 e. The molecule has 3 N–H and O–H groups in total. The van der Waals surface area contributed by atoms with Crippen LogP contribution in [0.1, 0.15) is 37.5 Å². The molecule has 1 aromatic carbocycles. The Morgan fingerprint density at radius 2 is 1.64 bits per heavy atom. The number of halogens is 3. The fourth-order valence-corrected chi connectivity index (χ4v) is 3.81. The minimum Gasteiger partial charge on any atom is -0.475 e. The standard InChI is InChI=1S/C22H30N6O.C2HF3O2/c1-22(2,3)18-5-4-16-6-9-28(15-17(16)12-18)21(29)26-19-13-24-20(25-14-19)27-10-7-23-8-11-27;3-2(4,5)1(6)7/h4-5,12-14,23H,6-11,15H2,1-3H3,(H,26,29);(H,6,7). The molecule has 0 atom stereocenters. The van der Waals surface area contributed by atoms with Gasteiger partial charge in [-0.25, -0.2) is 19.6 Å². The van der Waals surface area contributed by atoms with Gasteiger partial charge in [-0.3, -0.25) is 0 Å². The summed E-state index contributed by atoms with van der Waals surface area (Å²) in [6.45, 7) is 11.7. The first-order valence-corrected chi connectivity index (χ1v) is 11.6. The van der Waals surface area contributed by atoms with E-state index in [0.29, 0.717) is 24.7 Å². The molecule has 196 valence electrons. The molecule has 3 heterocycles. The number of aromatic nitrogens is 2. The smallest absolute Gasteiger partial charge is 0.475 e. The van der Waals surface area contributed by atoms with Crippen molar-refractivity contribution in [1.29, 1.82) is 0 Å². The van der Waals surface area contributed by atoms with E-state index in [4.69, 9.17) is 9.90 Å². The number of anilines is 2. The number of carbonyl (C=O) groups is 2. The van der Waals surface area contributed by atoms with E-state index in [-0.39, 0.29) is 11.4 Å². The number of hydrogen-bond acceptors (Lipinski definition) is 6. The Bertz CT molecular complexity index is 1060. The number of carboxylic acids is 1. The molecule has 0 radical (unpaired) electrons. The normalized spacial score (nSPS) is 15.9. The third-order valence-corrected chi connectivity index (χ3v) is 5.90. The van der Waals surface area contributed by atoms with Gasteiger partial charge in [-0.2, -0.15) is 13.2 Å². The molecule has 2 amide bonds. The third kappa shape index (κ3) is 7.30. The summed E-state index contributed by atoms with van der Waals surface area (Å²) < 4.78 is 31.7. The fraction of sp³-hybridized carbons (Fsp3) is 0.500. The number of nitrogens with one attached hydrogen (secondary N) is 2. The zero-order valence-electron chi connectivity index (χ0n) is 20.5. The van der Waals surface area contributed by atoms with Crippen LogP contribution in [0.5, 0.6) is 0 Å². The third-order valence-electron chi connectivity index (χ3n) is 5.90. The minimum absolute atomic E-state index is 0.100. The molecule has 2 aliphatic rings. The summed E-state index contributed by atoms with van der Waals surface area (Å²) in [5, 5.41) is 13.4. The van der Waals surface area contributed by atoms with Gasteiger partial charge in [0, 0.05) is 39.3 Å². The molecular formula is C24H31F3N6O3. The van der Waals surface area contributed by atoms with Gasteiger partial charge in [0.25, 0.3) is 0 Å². The predicted octanol–water partition coefficient (Wildman–Crippen LogP) is 3.41. The van der Waals surface area contributed by atoms with Crippen molar-refractivity contribution in [3.8, 4) is 0 Å². The van der Waals surface area contributed by atoms with E-state index >= 15 is 0 Å². The van der Waals surface area contributed by atoms with Gasteiger partial charge in [0.15, 0.2) is 0 Å². The Kier molecular flexibility index (Phi) is 8.39. The maximum absolute atomic E-state index is 12.8. The minimum atomic E-state index is -5.08. The van der Waals surface area contributed by atoms with E-state index < -0.39 is 12.1 Å². The van der Waals surface area contributed by atoms with Gasteiger partial charge in [0.05, 0.1) is 18.1 Å². The van der Waals surface area contributed by atoms with Crippen molar-refractivity contribution in [2.75, 3.05) is 42.9 Å². The van der Waals surface area contributed by atoms with Crippen LogP contribution in [0.4, 0.5) is 29.6 Å². The van der Waals surface area contributed by atoms with Gasteiger partial charge in [0.1, 0.15) is 0 Å². The lowest BCUT2D eigenvalue weighted by Crippen LogP contribution is -2.44. The van der Waals surface area contributed by atoms with E-state index in [2.05, 4.69) is 64.5 Å². The summed E-state index contributed by atoms with van der Waals surface area (Å²) in [5.41, 5.74) is 4.61. The lowest BCUT2D eigenvalue weighted by atomic mass is 9.84. The molecule has 1 fully saturated rings. The number of fused-ring (bicyclic) bond motifs is 1. The van der Waals surface area contributed by atoms with Gasteiger partial charge in [-0.05, 0) is 28.5 Å². The summed E-state index contributed by atoms with van der Waals surface area (Å²) in [6, 6.07) is 6.58. The first kappa shape index (κ1) is 27.2. The number of piperazine rings is 1. The summed E-state index contributed by atoms with van der Waals surface area (Å²) in [7, 11) is 0. The second kappa shape index (κ2) is 11.1. The Balaban J connectivity index is 0.000000454. The van der Waals surface area contributed by atoms with Gasteiger partial charge in [-0.1, -0.05) is 39.0 Å². The topological polar surface area (TPSA) is 111 Å². The number of carboxylic acid groups (broad SMARTS) is 1. The number of rotatable bonds is 2. The Labute approximate surface area is 207 Å². The number of alkyl halides is 3. The SMILES string of the molecule is CC(C)(C)c1ccc2c(c1)CN(C(=O)Nc1cnc(N3CCNCC3)nc1)CC2.O=C(O)C(F)(F)F. The fourth-order valence-electron chi connectivity index (χ4n) is 3.81. The van der Waals surface area contributed by atoms with Crippen molar-refractivity contribution >= 4 is 23.6 Å². The van der Waals surface area contributed by atoms with Crippen LogP contribution in [0.25, 0.3) is 0 Å². The number of benzene rings is 1. The first-order chi connectivity index (χ1) is 16.8. The molecule has 12 heteroatoms. The zero-order valence-corrected chi connectivity index (χ0v) is 20.5. The van der Waals surface area contributed by atoms with Crippen LogP contribution in [0.2, 0.25) is 0 Å². The molecule has 0 bridgehead atoms. The molecule has 2 aliphatic heterocycles. The molecule has 9 nitrogen and oxygen atoms in total. The monoisotopic (exact) mass is 508 g/mol. The lowest BCUT2D eigenvalue weighted by molar-refractivity contribution is -0.192. The molecule has 0 saturated carbocycles. The second-order valence-corrected chi connectivity index (χ2v) is 9.65. The Hall–Kier alpha value is -3.41. The van der Waals surface area contributed by atoms with Crippen molar-refractivity contribution in [3.05, 3.63) is 47.3 Å². The van der Waals surface area contributed by atoms with Gasteiger partial charge in [-0.15, -0.1) is 0 Å². The average molecular weight is 509 g/mol. The molecule has 0 unspecified atom stereocenters. The number of hydrogen-bond donors (Lipinski definition) is 3. The predicted molar refractivity (Wildman–Crippen MR) is 129 cm³/mol. The number of urea groups is 1. The van der Waals surface area contributed by atoms with Gasteiger partial charge in [0.2, 0.25) is 5.95 Å². The summed E-state index contributed by atoms with van der Waals surface area (Å²) in [4.78, 5) is 34.5. The Morgan fingerprint density at radius 3 is 2.19 bits per heavy atom. The molecule has 4 rings (SSSR count). The molecule has 0 aliphatic carbocycles. The molecule has 1 aromatic heterocycles. The van der Waals surface area contributed by atoms with Crippen LogP contribution in [0.15, 0.2) is 30.6 Å². The van der Waals surface area contributed by atoms with Crippen LogP contribution in [-0.4, -0.2) is 70.9 Å². The summed E-state index contributed by atoms with van der Waals surface area (Å²) in [6.07, 6.45) is -0.818. The van der Waals surface area contributed by atoms with Gasteiger partial charge < -0.3 is 25.5 Å². The van der Waals surface area contributed by atoms with E-state index in [1.807, 2.05) is 4.90 Å². The van der Waals surface area contributed by atoms with Crippen LogP contribution in [0.3, 0.4) is 0 Å². The molecular weight excluding hydrogens is 477 g/mol. The molecule has 0 spiro atoms. The maximum atomic E-state index is 12.8. The number of amides is 2. The van der Waals surface area contributed by atoms with Crippen molar-refractivity contribution in [1.82, 2.24) is 20.2 Å². The van der Waals surface area contributed by atoms with E-state index in [1.165, 1.54) is 16.7 Å². The molecule has 2 aromatic rings. The van der Waals surface area contributed by atoms with Crippen molar-refractivity contribution in [3.63, 3.8) is 0 Å². The number of nitrogens with zero attached hydrogens (tertiary/aromatic N) is 4. The van der Waals surface area contributed by atoms with E-state index in [0.717, 1.165) is 32.6 Å². The van der Waals surface area contributed by atoms with Crippen LogP contribution in [-0.2, 0) is 23.2 Å². The first-order valence-electron chi connectivity index (χ1n) is 11.6. The van der Waals surface area contributed by atoms with E-state index in [1.54, 1.807) is 12.4 Å². The molecule has 36 heavy (non-hydrogen) atoms. The van der Waals surface area contributed by atoms with Crippen LogP contribution >= 0.6 is 0 Å². The second-order valence-electron chi connectivity index (χ2n) is 9.65. The molecule has 1 saturated heterocycles. The van der Waals surface area contributed by atoms with Crippen molar-refractivity contribution < 1.29 is 27.9 Å². The number of aliphatic carboxylic acids is 1. The van der Waals surface area contributed by atoms with Gasteiger partial charge >= 0.3 is 18.2 Å². The zero-order chi connectivity index (χ0) is 26.5. The van der Waals surface area contributed by atoms with Crippen LogP contribution in [0, 0.1) is 0 Å². The van der Waals surface area contributed by atoms with Crippen molar-refractivity contribution in [2.24, 2.45) is 0 Å². The van der Waals surface area contributed by atoms with Crippen LogP contribution < -0.4 is 15.5 Å². The lowest BCUT2D eigenvalue weighted by Gasteiger charge is -2.30. The number of carbonyl (C=O) groups excluding carboxylic acids is 1.